The summed E-state index contributed by atoms with van der Waals surface area (Å²) in [6, 6.07) is 21.2. The molecule has 0 bridgehead atoms. The number of carbonyl (C=O) groups excluding carboxylic acids is 1. The summed E-state index contributed by atoms with van der Waals surface area (Å²) in [5.41, 5.74) is 2.66. The molecule has 188 valence electrons. The van der Waals surface area contributed by atoms with Gasteiger partial charge in [-0.05, 0) is 31.2 Å². The van der Waals surface area contributed by atoms with Gasteiger partial charge in [-0.2, -0.15) is 5.26 Å². The Bertz CT molecular complexity index is 1440. The van der Waals surface area contributed by atoms with Crippen molar-refractivity contribution >= 4 is 28.7 Å². The van der Waals surface area contributed by atoms with Crippen molar-refractivity contribution in [2.75, 3.05) is 36.9 Å². The summed E-state index contributed by atoms with van der Waals surface area (Å²) in [5, 5.41) is 22.7. The number of aromatic nitrogens is 2. The van der Waals surface area contributed by atoms with Crippen LogP contribution in [0, 0.1) is 23.0 Å². The predicted octanol–water partition coefficient (Wildman–Crippen LogP) is 4.84. The second kappa shape index (κ2) is 11.4. The van der Waals surface area contributed by atoms with Gasteiger partial charge in [-0.25, -0.2) is 8.78 Å². The van der Waals surface area contributed by atoms with Crippen molar-refractivity contribution < 1.29 is 13.6 Å². The lowest BCUT2D eigenvalue weighted by Crippen LogP contribution is -2.51. The lowest BCUT2D eigenvalue weighted by Gasteiger charge is -2.39. The highest BCUT2D eigenvalue weighted by molar-refractivity contribution is 6.00. The number of hydrogen-bond acceptors (Lipinski definition) is 6. The molecule has 0 radical (unpaired) electrons. The minimum Gasteiger partial charge on any atom is -0.386 e. The van der Waals surface area contributed by atoms with Crippen LogP contribution in [0.2, 0.25) is 0 Å². The van der Waals surface area contributed by atoms with Crippen molar-refractivity contribution in [1.29, 1.82) is 5.26 Å². The molecule has 4 aromatic rings. The lowest BCUT2D eigenvalue weighted by molar-refractivity contribution is -0.118. The maximum atomic E-state index is 12.5. The van der Waals surface area contributed by atoms with E-state index in [0.717, 1.165) is 46.9 Å². The minimum absolute atomic E-state index is 0.169. The van der Waals surface area contributed by atoms with Gasteiger partial charge in [-0.1, -0.05) is 36.4 Å². The number of fused-ring (bicyclic) bond motifs is 1. The molecular weight excluding hydrogens is 474 g/mol. The first-order chi connectivity index (χ1) is 17.9. The number of hydrogen-bond donors (Lipinski definition) is 1. The summed E-state index contributed by atoms with van der Waals surface area (Å²) in [4.78, 5) is 15.1. The van der Waals surface area contributed by atoms with Crippen molar-refractivity contribution in [2.45, 2.75) is 13.0 Å². The van der Waals surface area contributed by atoms with Crippen LogP contribution in [0.25, 0.3) is 22.0 Å². The zero-order valence-corrected chi connectivity index (χ0v) is 20.5. The van der Waals surface area contributed by atoms with Crippen molar-refractivity contribution in [2.24, 2.45) is 0 Å². The molecule has 1 fully saturated rings. The largest absolute Gasteiger partial charge is 0.386 e. The third-order valence-corrected chi connectivity index (χ3v) is 6.24. The van der Waals surface area contributed by atoms with E-state index >= 15 is 0 Å². The molecule has 1 aliphatic heterocycles. The van der Waals surface area contributed by atoms with Gasteiger partial charge in [0.2, 0.25) is 6.41 Å². The number of benzene rings is 3. The average molecular weight is 501 g/mol. The number of carbonyl (C=O) groups is 1. The van der Waals surface area contributed by atoms with Crippen LogP contribution >= 0.6 is 0 Å². The van der Waals surface area contributed by atoms with Gasteiger partial charge in [0.15, 0.2) is 5.82 Å². The van der Waals surface area contributed by atoms with Crippen molar-refractivity contribution in [3.8, 4) is 17.3 Å². The molecule has 3 aromatic carbocycles. The van der Waals surface area contributed by atoms with E-state index < -0.39 is 11.6 Å². The molecule has 9 heteroatoms. The van der Waals surface area contributed by atoms with E-state index in [2.05, 4.69) is 39.5 Å². The number of anilines is 2. The van der Waals surface area contributed by atoms with E-state index in [1.54, 1.807) is 24.1 Å². The van der Waals surface area contributed by atoms with Gasteiger partial charge >= 0.3 is 0 Å². The summed E-state index contributed by atoms with van der Waals surface area (Å²) >= 11 is 0. The van der Waals surface area contributed by atoms with Crippen LogP contribution in [0.1, 0.15) is 12.5 Å². The highest BCUT2D eigenvalue weighted by Gasteiger charge is 2.26. The first-order valence-electron chi connectivity index (χ1n) is 11.8. The fourth-order valence-electron chi connectivity index (χ4n) is 4.31. The van der Waals surface area contributed by atoms with Gasteiger partial charge in [0.25, 0.3) is 0 Å². The van der Waals surface area contributed by atoms with E-state index in [9.17, 15) is 13.6 Å². The molecule has 1 aromatic heterocycles. The summed E-state index contributed by atoms with van der Waals surface area (Å²) in [7, 11) is 1.58. The lowest BCUT2D eigenvalue weighted by atomic mass is 10.0. The first-order valence-corrected chi connectivity index (χ1v) is 11.8. The van der Waals surface area contributed by atoms with Crippen LogP contribution in [-0.4, -0.2) is 54.2 Å². The van der Waals surface area contributed by atoms with Crippen LogP contribution in [0.5, 0.6) is 0 Å². The Morgan fingerprint density at radius 2 is 1.76 bits per heavy atom. The Morgan fingerprint density at radius 3 is 2.38 bits per heavy atom. The molecule has 7 nitrogen and oxygen atoms in total. The summed E-state index contributed by atoms with van der Waals surface area (Å²) in [6.07, 6.45) is 0.908. The van der Waals surface area contributed by atoms with Crippen molar-refractivity contribution in [1.82, 2.24) is 15.1 Å². The monoisotopic (exact) mass is 500 g/mol. The zero-order valence-electron chi connectivity index (χ0n) is 20.5. The molecule has 1 amide bonds. The number of piperazine rings is 1. The number of amides is 1. The Hall–Kier alpha value is -4.58. The van der Waals surface area contributed by atoms with Gasteiger partial charge in [-0.15, -0.1) is 10.2 Å². The molecule has 2 heterocycles. The van der Waals surface area contributed by atoms with E-state index in [1.807, 2.05) is 30.3 Å². The second-order valence-corrected chi connectivity index (χ2v) is 8.62. The zero-order chi connectivity index (χ0) is 26.4. The molecule has 1 atom stereocenters. The maximum Gasteiger partial charge on any atom is 0.209 e. The highest BCUT2D eigenvalue weighted by Crippen LogP contribution is 2.32. The molecule has 1 saturated heterocycles. The van der Waals surface area contributed by atoms with E-state index in [0.29, 0.717) is 24.3 Å². The first kappa shape index (κ1) is 25.5. The van der Waals surface area contributed by atoms with Gasteiger partial charge in [-0.3, -0.25) is 4.79 Å². The number of nitrogens with one attached hydrogen (secondary N) is 1. The van der Waals surface area contributed by atoms with Crippen molar-refractivity contribution in [3.05, 3.63) is 83.9 Å². The summed E-state index contributed by atoms with van der Waals surface area (Å²) in [6.45, 7) is 4.19. The Kier molecular flexibility index (Phi) is 7.89. The molecule has 0 spiro atoms. The minimum atomic E-state index is -0.567. The Morgan fingerprint density at radius 1 is 1.03 bits per heavy atom. The van der Waals surface area contributed by atoms with Crippen LogP contribution in [0.4, 0.5) is 20.3 Å². The third-order valence-electron chi connectivity index (χ3n) is 6.24. The number of nitrogens with zero attached hydrogens (tertiary/aromatic N) is 5. The fourth-order valence-corrected chi connectivity index (χ4v) is 4.31. The summed E-state index contributed by atoms with van der Waals surface area (Å²) < 4.78 is 24.8. The van der Waals surface area contributed by atoms with Crippen LogP contribution in [0.3, 0.4) is 0 Å². The smallest absolute Gasteiger partial charge is 0.209 e. The highest BCUT2D eigenvalue weighted by atomic mass is 19.1. The van der Waals surface area contributed by atoms with E-state index in [-0.39, 0.29) is 6.04 Å². The summed E-state index contributed by atoms with van der Waals surface area (Å²) in [5.74, 6) is -0.278. The molecule has 37 heavy (non-hydrogen) atoms. The van der Waals surface area contributed by atoms with Gasteiger partial charge in [0, 0.05) is 55.1 Å². The second-order valence-electron chi connectivity index (χ2n) is 8.62. The number of halogens is 2. The number of nitriles is 1. The standard InChI is InChI=1S/C21H19N5O.C7H7F2N/c1-15-13-25(14-27)10-11-26(15)21-19-5-3-2-4-18(19)20(23-24-21)17-8-6-16(12-22)7-9-17;1-10-7-3-2-5(8)4-6(7)9/h2-9,14-15H,10-11,13H2,1H3;2-4,10H,1H3/t15-;/m0./s1. The molecule has 1 aliphatic rings. The quantitative estimate of drug-likeness (QED) is 0.404. The van der Waals surface area contributed by atoms with Gasteiger partial charge < -0.3 is 15.1 Å². The Balaban J connectivity index is 0.000000270. The third kappa shape index (κ3) is 5.64. The Labute approximate surface area is 214 Å². The van der Waals surface area contributed by atoms with Crippen LogP contribution < -0.4 is 10.2 Å². The van der Waals surface area contributed by atoms with Crippen LogP contribution in [-0.2, 0) is 4.79 Å². The van der Waals surface area contributed by atoms with Gasteiger partial charge in [0.1, 0.15) is 17.3 Å². The van der Waals surface area contributed by atoms with Crippen molar-refractivity contribution in [3.63, 3.8) is 0 Å². The van der Waals surface area contributed by atoms with Crippen LogP contribution in [0.15, 0.2) is 66.7 Å². The molecule has 5 rings (SSSR count). The van der Waals surface area contributed by atoms with E-state index in [1.165, 1.54) is 12.1 Å². The molecule has 1 N–H and O–H groups in total. The van der Waals surface area contributed by atoms with E-state index in [4.69, 9.17) is 5.26 Å². The fraction of sp³-hybridized carbons (Fsp3) is 0.214. The molecule has 0 saturated carbocycles. The van der Waals surface area contributed by atoms with Gasteiger partial charge in [0.05, 0.1) is 17.3 Å². The SMILES string of the molecule is CNc1ccc(F)cc1F.C[C@H]1CN(C=O)CCN1c1nnc(-c2ccc(C#N)cc2)c2ccccc12. The maximum absolute atomic E-state index is 12.5. The molecule has 0 aliphatic carbocycles. The topological polar surface area (TPSA) is 85.2 Å². The average Bonchev–Trinajstić information content (AvgIpc) is 2.93. The predicted molar refractivity (Wildman–Crippen MR) is 140 cm³/mol. The normalized spacial score (nSPS) is 14.9. The molecular formula is C28H26F2N6O. The molecule has 0 unspecified atom stereocenters. The number of rotatable bonds is 4.